The number of quaternary nitrogens is 1. The van der Waals surface area contributed by atoms with E-state index in [0.717, 1.165) is 24.2 Å². The molecule has 2 amide bonds. The van der Waals surface area contributed by atoms with E-state index in [0.29, 0.717) is 13.1 Å². The van der Waals surface area contributed by atoms with Crippen molar-refractivity contribution in [2.75, 3.05) is 27.2 Å². The van der Waals surface area contributed by atoms with Crippen molar-refractivity contribution in [1.29, 1.82) is 0 Å². The van der Waals surface area contributed by atoms with Crippen molar-refractivity contribution in [2.24, 2.45) is 0 Å². The van der Waals surface area contributed by atoms with E-state index >= 15 is 0 Å². The van der Waals surface area contributed by atoms with Gasteiger partial charge in [0.1, 0.15) is 0 Å². The Morgan fingerprint density at radius 2 is 1.92 bits per heavy atom. The average Bonchev–Trinajstić information content (AvgIpc) is 2.51. The van der Waals surface area contributed by atoms with Gasteiger partial charge in [0, 0.05) is 12.6 Å². The van der Waals surface area contributed by atoms with Crippen LogP contribution in [0.5, 0.6) is 0 Å². The largest absolute Gasteiger partial charge is 0.347 e. The Balaban J connectivity index is 1.94. The lowest BCUT2D eigenvalue weighted by Crippen LogP contribution is -3.11. The Morgan fingerprint density at radius 1 is 1.24 bits per heavy atom. The predicted octanol–water partition coefficient (Wildman–Crippen LogP) is 0.952. The third-order valence-corrected chi connectivity index (χ3v) is 4.63. The highest BCUT2D eigenvalue weighted by molar-refractivity contribution is 5.79. The third-order valence-electron chi connectivity index (χ3n) is 4.63. The number of amides is 2. The molecule has 0 spiro atoms. The van der Waals surface area contributed by atoms with Crippen molar-refractivity contribution in [3.63, 3.8) is 0 Å². The van der Waals surface area contributed by atoms with Crippen LogP contribution in [0, 0.1) is 0 Å². The molecule has 0 saturated carbocycles. The highest BCUT2D eigenvalue weighted by atomic mass is 16.2. The lowest BCUT2D eigenvalue weighted by Gasteiger charge is -2.33. The van der Waals surface area contributed by atoms with Crippen LogP contribution in [0.4, 0.5) is 0 Å². The van der Waals surface area contributed by atoms with Gasteiger partial charge >= 0.3 is 0 Å². The summed E-state index contributed by atoms with van der Waals surface area (Å²) in [6.45, 7) is 6.50. The Morgan fingerprint density at radius 3 is 2.60 bits per heavy atom. The van der Waals surface area contributed by atoms with E-state index in [1.54, 1.807) is 0 Å². The molecule has 1 aromatic rings. The molecule has 5 nitrogen and oxygen atoms in total. The summed E-state index contributed by atoms with van der Waals surface area (Å²) >= 11 is 0. The van der Waals surface area contributed by atoms with Crippen LogP contribution in [0.15, 0.2) is 24.3 Å². The Hall–Kier alpha value is -1.88. The minimum Gasteiger partial charge on any atom is -0.347 e. The number of carbonyl (C=O) groups is 2. The minimum absolute atomic E-state index is 0.0246. The maximum atomic E-state index is 12.7. The molecule has 0 radical (unpaired) electrons. The number of nitrogens with one attached hydrogen (secondary N) is 2. The fourth-order valence-corrected chi connectivity index (χ4v) is 3.49. The first-order valence-electron chi connectivity index (χ1n) is 9.13. The zero-order valence-corrected chi connectivity index (χ0v) is 16.2. The molecule has 0 aliphatic heterocycles. The van der Waals surface area contributed by atoms with Crippen LogP contribution in [-0.2, 0) is 16.0 Å². The molecule has 1 aromatic carbocycles. The quantitative estimate of drug-likeness (QED) is 0.834. The molecule has 0 fully saturated rings. The maximum Gasteiger partial charge on any atom is 0.278 e. The van der Waals surface area contributed by atoms with Gasteiger partial charge in [0.05, 0.1) is 13.1 Å². The molecular weight excluding hydrogens is 314 g/mol. The number of hydrogen-bond donors (Lipinski definition) is 2. The zero-order valence-electron chi connectivity index (χ0n) is 16.2. The number of likely N-dealkylation sites (N-methyl/N-ethyl adjacent to an activating group) is 2. The van der Waals surface area contributed by atoms with E-state index in [9.17, 15) is 9.59 Å². The summed E-state index contributed by atoms with van der Waals surface area (Å²) in [5.41, 5.74) is 2.38. The van der Waals surface area contributed by atoms with Crippen molar-refractivity contribution < 1.29 is 14.5 Å². The molecule has 5 heteroatoms. The Bertz CT molecular complexity index is 622. The van der Waals surface area contributed by atoms with Crippen LogP contribution in [0.25, 0.3) is 0 Å². The van der Waals surface area contributed by atoms with Gasteiger partial charge < -0.3 is 15.1 Å². The fraction of sp³-hybridized carbons (Fsp3) is 0.600. The SMILES string of the molecule is CN(C(=O)C[NH+](C)CC(=O)NC(C)(C)C)[C@H]1CCCc2ccccc21. The number of aryl methyl sites for hydroxylation is 1. The number of hydrogen-bond acceptors (Lipinski definition) is 2. The van der Waals surface area contributed by atoms with Crippen molar-refractivity contribution >= 4 is 11.8 Å². The standard InChI is InChI=1S/C20H31N3O2/c1-20(2,3)21-18(24)13-22(4)14-19(25)23(5)17-12-8-10-15-9-6-7-11-16(15)17/h6-7,9,11,17H,8,10,12-14H2,1-5H3,(H,21,24)/p+1/t17-/m0/s1. The normalized spacial score (nSPS) is 18.2. The van der Waals surface area contributed by atoms with E-state index < -0.39 is 0 Å². The van der Waals surface area contributed by atoms with E-state index in [1.807, 2.05) is 45.8 Å². The second-order valence-corrected chi connectivity index (χ2v) is 8.22. The molecule has 138 valence electrons. The summed E-state index contributed by atoms with van der Waals surface area (Å²) in [7, 11) is 3.78. The fourth-order valence-electron chi connectivity index (χ4n) is 3.49. The van der Waals surface area contributed by atoms with E-state index in [2.05, 4.69) is 23.5 Å². The monoisotopic (exact) mass is 346 g/mol. The van der Waals surface area contributed by atoms with Gasteiger partial charge in [0.25, 0.3) is 11.8 Å². The van der Waals surface area contributed by atoms with E-state index in [-0.39, 0.29) is 23.4 Å². The number of rotatable bonds is 5. The van der Waals surface area contributed by atoms with Gasteiger partial charge in [0.2, 0.25) is 0 Å². The summed E-state index contributed by atoms with van der Waals surface area (Å²) < 4.78 is 0. The molecule has 2 N–H and O–H groups in total. The third kappa shape index (κ3) is 5.56. The average molecular weight is 346 g/mol. The summed E-state index contributed by atoms with van der Waals surface area (Å²) in [6.07, 6.45) is 3.20. The van der Waals surface area contributed by atoms with Crippen molar-refractivity contribution in [2.45, 2.75) is 51.6 Å². The first kappa shape index (κ1) is 19.4. The molecule has 2 rings (SSSR count). The Labute approximate surface area is 151 Å². The van der Waals surface area contributed by atoms with Gasteiger partial charge in [-0.2, -0.15) is 0 Å². The molecule has 2 atom stereocenters. The van der Waals surface area contributed by atoms with Crippen LogP contribution in [-0.4, -0.2) is 49.4 Å². The highest BCUT2D eigenvalue weighted by Gasteiger charge is 2.28. The lowest BCUT2D eigenvalue weighted by atomic mass is 9.87. The summed E-state index contributed by atoms with van der Waals surface area (Å²) in [5.74, 6) is 0.0613. The molecule has 25 heavy (non-hydrogen) atoms. The minimum atomic E-state index is -0.246. The van der Waals surface area contributed by atoms with Crippen molar-refractivity contribution in [3.8, 4) is 0 Å². The second kappa shape index (κ2) is 8.00. The topological polar surface area (TPSA) is 53.9 Å². The highest BCUT2D eigenvalue weighted by Crippen LogP contribution is 2.33. The van der Waals surface area contributed by atoms with Gasteiger partial charge in [-0.1, -0.05) is 24.3 Å². The second-order valence-electron chi connectivity index (χ2n) is 8.22. The maximum absolute atomic E-state index is 12.7. The number of carbonyl (C=O) groups excluding carboxylic acids is 2. The molecule has 0 heterocycles. The summed E-state index contributed by atoms with van der Waals surface area (Å²) in [6, 6.07) is 8.55. The number of fused-ring (bicyclic) bond motifs is 1. The van der Waals surface area contributed by atoms with Gasteiger partial charge in [-0.3, -0.25) is 9.59 Å². The molecule has 1 unspecified atom stereocenters. The zero-order chi connectivity index (χ0) is 18.6. The first-order chi connectivity index (χ1) is 11.7. The smallest absolute Gasteiger partial charge is 0.278 e. The molecule has 0 saturated heterocycles. The van der Waals surface area contributed by atoms with Gasteiger partial charge in [0.15, 0.2) is 13.1 Å². The molecule has 0 aromatic heterocycles. The molecule has 1 aliphatic carbocycles. The molecule has 1 aliphatic rings. The van der Waals surface area contributed by atoms with Crippen LogP contribution < -0.4 is 10.2 Å². The lowest BCUT2D eigenvalue weighted by molar-refractivity contribution is -0.863. The van der Waals surface area contributed by atoms with Gasteiger partial charge in [-0.05, 0) is 51.2 Å². The number of nitrogens with zero attached hydrogens (tertiary/aromatic N) is 1. The predicted molar refractivity (Wildman–Crippen MR) is 99.4 cm³/mol. The Kier molecular flexibility index (Phi) is 6.22. The van der Waals surface area contributed by atoms with Crippen molar-refractivity contribution in [3.05, 3.63) is 35.4 Å². The summed E-state index contributed by atoms with van der Waals surface area (Å²) in [4.78, 5) is 27.5. The molecular formula is C20H32N3O2+. The number of benzene rings is 1. The van der Waals surface area contributed by atoms with E-state index in [1.165, 1.54) is 11.1 Å². The van der Waals surface area contributed by atoms with Crippen LogP contribution >= 0.6 is 0 Å². The first-order valence-corrected chi connectivity index (χ1v) is 9.13. The molecule has 0 bridgehead atoms. The van der Waals surface area contributed by atoms with Crippen molar-refractivity contribution in [1.82, 2.24) is 10.2 Å². The van der Waals surface area contributed by atoms with Gasteiger partial charge in [-0.25, -0.2) is 0 Å². The van der Waals surface area contributed by atoms with Crippen LogP contribution in [0.1, 0.15) is 50.8 Å². The van der Waals surface area contributed by atoms with E-state index in [4.69, 9.17) is 0 Å². The van der Waals surface area contributed by atoms with Crippen LogP contribution in [0.3, 0.4) is 0 Å². The van der Waals surface area contributed by atoms with Crippen LogP contribution in [0.2, 0.25) is 0 Å². The summed E-state index contributed by atoms with van der Waals surface area (Å²) in [5, 5.41) is 2.94. The van der Waals surface area contributed by atoms with Gasteiger partial charge in [-0.15, -0.1) is 0 Å².